The first kappa shape index (κ1) is 12.9. The maximum absolute atomic E-state index is 10.9. The van der Waals surface area contributed by atoms with Crippen LogP contribution in [0.5, 0.6) is 0 Å². The molecule has 18 heavy (non-hydrogen) atoms. The van der Waals surface area contributed by atoms with Crippen molar-refractivity contribution in [3.8, 4) is 0 Å². The average molecular weight is 254 g/mol. The van der Waals surface area contributed by atoms with E-state index in [1.54, 1.807) is 0 Å². The molecule has 3 rings (SSSR count). The largest absolute Gasteiger partial charge is 0.390 e. The fourth-order valence-electron chi connectivity index (χ4n) is 5.11. The van der Waals surface area contributed by atoms with Gasteiger partial charge in [0.05, 0.1) is 11.2 Å². The molecule has 2 N–H and O–H groups in total. The molecule has 104 valence electrons. The Labute approximate surface area is 110 Å². The summed E-state index contributed by atoms with van der Waals surface area (Å²) in [6.45, 7) is 8.39. The van der Waals surface area contributed by atoms with Crippen molar-refractivity contribution >= 4 is 0 Å². The summed E-state index contributed by atoms with van der Waals surface area (Å²) in [6, 6.07) is 0. The summed E-state index contributed by atoms with van der Waals surface area (Å²) < 4.78 is 6.21. The third-order valence-electron chi connectivity index (χ3n) is 5.96. The predicted octanol–water partition coefficient (Wildman–Crippen LogP) is 2.31. The number of ether oxygens (including phenoxy) is 1. The van der Waals surface area contributed by atoms with Gasteiger partial charge in [-0.1, -0.05) is 20.8 Å². The predicted molar refractivity (Wildman–Crippen MR) is 68.8 cm³/mol. The zero-order valence-electron chi connectivity index (χ0n) is 11.9. The molecule has 1 saturated carbocycles. The Hall–Kier alpha value is -0.120. The van der Waals surface area contributed by atoms with Gasteiger partial charge in [-0.2, -0.15) is 0 Å². The smallest absolute Gasteiger partial charge is 0.172 e. The first-order chi connectivity index (χ1) is 8.21. The van der Waals surface area contributed by atoms with E-state index in [0.29, 0.717) is 18.3 Å². The van der Waals surface area contributed by atoms with E-state index in [1.807, 2.05) is 6.92 Å². The highest BCUT2D eigenvalue weighted by Crippen LogP contribution is 2.65. The molecule has 3 heteroatoms. The minimum absolute atomic E-state index is 0.148. The summed E-state index contributed by atoms with van der Waals surface area (Å²) in [5, 5.41) is 21.6. The van der Waals surface area contributed by atoms with Crippen molar-refractivity contribution in [2.24, 2.45) is 23.7 Å². The molecule has 0 aromatic rings. The van der Waals surface area contributed by atoms with E-state index in [0.717, 1.165) is 19.3 Å². The number of fused-ring (bicyclic) bond motifs is 1. The molecule has 6 unspecified atom stereocenters. The van der Waals surface area contributed by atoms with Gasteiger partial charge in [-0.3, -0.25) is 0 Å². The Morgan fingerprint density at radius 1 is 1.22 bits per heavy atom. The fourth-order valence-corrected chi connectivity index (χ4v) is 5.11. The molecule has 3 nitrogen and oxygen atoms in total. The molecule has 3 fully saturated rings. The summed E-state index contributed by atoms with van der Waals surface area (Å²) in [4.78, 5) is 0. The van der Waals surface area contributed by atoms with Gasteiger partial charge in [0.15, 0.2) is 5.79 Å². The fraction of sp³-hybridized carbons (Fsp3) is 1.00. The van der Waals surface area contributed by atoms with E-state index >= 15 is 0 Å². The first-order valence-electron chi connectivity index (χ1n) is 7.36. The van der Waals surface area contributed by atoms with E-state index in [9.17, 15) is 10.2 Å². The Morgan fingerprint density at radius 3 is 2.50 bits per heavy atom. The summed E-state index contributed by atoms with van der Waals surface area (Å²) in [6.07, 6.45) is 3.39. The second-order valence-electron chi connectivity index (χ2n) is 7.52. The lowest BCUT2D eigenvalue weighted by molar-refractivity contribution is -0.322. The van der Waals surface area contributed by atoms with E-state index in [2.05, 4.69) is 20.8 Å². The molecule has 2 aliphatic heterocycles. The highest BCUT2D eigenvalue weighted by Gasteiger charge is 2.71. The lowest BCUT2D eigenvalue weighted by Crippen LogP contribution is -2.59. The molecule has 3 aliphatic rings. The second-order valence-corrected chi connectivity index (χ2v) is 7.52. The zero-order valence-corrected chi connectivity index (χ0v) is 11.9. The van der Waals surface area contributed by atoms with Gasteiger partial charge in [-0.15, -0.1) is 0 Å². The van der Waals surface area contributed by atoms with Crippen molar-refractivity contribution in [3.63, 3.8) is 0 Å². The van der Waals surface area contributed by atoms with Gasteiger partial charge in [0.2, 0.25) is 0 Å². The molecule has 2 bridgehead atoms. The van der Waals surface area contributed by atoms with Crippen LogP contribution in [0.2, 0.25) is 0 Å². The van der Waals surface area contributed by atoms with Crippen molar-refractivity contribution in [1.82, 2.24) is 0 Å². The lowest BCUT2D eigenvalue weighted by Gasteiger charge is -2.50. The van der Waals surface area contributed by atoms with Crippen molar-refractivity contribution < 1.29 is 14.9 Å². The highest BCUT2D eigenvalue weighted by atomic mass is 16.7. The number of hydrogen-bond acceptors (Lipinski definition) is 3. The number of aliphatic hydroxyl groups is 2. The standard InChI is InChI=1S/C15H26O3/c1-9(2)11-7-14-10(3)5-6-12(14)13(4,16)8-15(11,17)18-14/h9-12,16-17H,5-8H2,1-4H3. The molecule has 0 aromatic carbocycles. The van der Waals surface area contributed by atoms with Crippen LogP contribution in [0, 0.1) is 23.7 Å². The quantitative estimate of drug-likeness (QED) is 0.755. The second kappa shape index (κ2) is 3.50. The molecule has 2 heterocycles. The summed E-state index contributed by atoms with van der Waals surface area (Å²) in [5.74, 6) is 0.0343. The van der Waals surface area contributed by atoms with Gasteiger partial charge >= 0.3 is 0 Å². The van der Waals surface area contributed by atoms with Crippen molar-refractivity contribution in [1.29, 1.82) is 0 Å². The average Bonchev–Trinajstić information content (AvgIpc) is 2.65. The minimum atomic E-state index is -1.12. The van der Waals surface area contributed by atoms with Gasteiger partial charge < -0.3 is 14.9 Å². The molecular formula is C15H26O3. The van der Waals surface area contributed by atoms with E-state index in [4.69, 9.17) is 4.74 Å². The third kappa shape index (κ3) is 1.41. The van der Waals surface area contributed by atoms with Crippen LogP contribution in [0.4, 0.5) is 0 Å². The van der Waals surface area contributed by atoms with E-state index < -0.39 is 11.4 Å². The van der Waals surface area contributed by atoms with Crippen LogP contribution in [-0.4, -0.2) is 27.2 Å². The van der Waals surface area contributed by atoms with Crippen LogP contribution in [0.25, 0.3) is 0 Å². The van der Waals surface area contributed by atoms with Gasteiger partial charge in [-0.05, 0) is 38.0 Å². The SMILES string of the molecule is CC(C)C1CC23OC1(O)CC(C)(O)C2CCC3C. The van der Waals surface area contributed by atoms with Gasteiger partial charge in [0.25, 0.3) is 0 Å². The summed E-state index contributed by atoms with van der Waals surface area (Å²) in [7, 11) is 0. The maximum atomic E-state index is 10.9. The maximum Gasteiger partial charge on any atom is 0.172 e. The molecule has 0 aromatic heterocycles. The van der Waals surface area contributed by atoms with Crippen LogP contribution in [0.1, 0.15) is 53.4 Å². The van der Waals surface area contributed by atoms with Gasteiger partial charge in [0, 0.05) is 18.3 Å². The topological polar surface area (TPSA) is 49.7 Å². The van der Waals surface area contributed by atoms with Crippen LogP contribution in [-0.2, 0) is 4.74 Å². The van der Waals surface area contributed by atoms with E-state index in [-0.39, 0.29) is 17.4 Å². The van der Waals surface area contributed by atoms with Crippen molar-refractivity contribution in [2.75, 3.05) is 0 Å². The van der Waals surface area contributed by atoms with Gasteiger partial charge in [0.1, 0.15) is 0 Å². The van der Waals surface area contributed by atoms with Crippen LogP contribution in [0.3, 0.4) is 0 Å². The Morgan fingerprint density at radius 2 is 1.89 bits per heavy atom. The molecule has 0 radical (unpaired) electrons. The Kier molecular flexibility index (Phi) is 2.51. The molecule has 1 aliphatic carbocycles. The number of rotatable bonds is 1. The van der Waals surface area contributed by atoms with E-state index in [1.165, 1.54) is 0 Å². The normalized spacial score (nSPS) is 59.2. The molecule has 6 atom stereocenters. The Balaban J connectivity index is 2.06. The molecule has 0 amide bonds. The number of hydrogen-bond donors (Lipinski definition) is 2. The van der Waals surface area contributed by atoms with Crippen LogP contribution >= 0.6 is 0 Å². The Bertz CT molecular complexity index is 365. The summed E-state index contributed by atoms with van der Waals surface area (Å²) >= 11 is 0. The summed E-state index contributed by atoms with van der Waals surface area (Å²) in [5.41, 5.74) is -1.08. The molecule has 1 spiro atoms. The van der Waals surface area contributed by atoms with Crippen LogP contribution in [0.15, 0.2) is 0 Å². The highest BCUT2D eigenvalue weighted by molar-refractivity contribution is 5.17. The molecule has 2 saturated heterocycles. The molecular weight excluding hydrogens is 228 g/mol. The lowest BCUT2D eigenvalue weighted by atomic mass is 9.72. The van der Waals surface area contributed by atoms with Crippen molar-refractivity contribution in [3.05, 3.63) is 0 Å². The zero-order chi connectivity index (χ0) is 13.3. The third-order valence-corrected chi connectivity index (χ3v) is 5.96. The minimum Gasteiger partial charge on any atom is -0.390 e. The van der Waals surface area contributed by atoms with Gasteiger partial charge in [-0.25, -0.2) is 0 Å². The first-order valence-corrected chi connectivity index (χ1v) is 7.36. The van der Waals surface area contributed by atoms with Crippen LogP contribution < -0.4 is 0 Å². The van der Waals surface area contributed by atoms with Crippen molar-refractivity contribution in [2.45, 2.75) is 70.4 Å². The monoisotopic (exact) mass is 254 g/mol.